The monoisotopic (exact) mass is 271 g/mol. The Morgan fingerprint density at radius 2 is 2.11 bits per heavy atom. The van der Waals surface area contributed by atoms with Crippen molar-refractivity contribution in [2.45, 2.75) is 32.7 Å². The minimum atomic E-state index is -0.958. The summed E-state index contributed by atoms with van der Waals surface area (Å²) >= 11 is 0. The molecule has 1 rings (SSSR count). The molecule has 6 nitrogen and oxygen atoms in total. The molecule has 110 valence electrons. The molecule has 1 aliphatic heterocycles. The summed E-state index contributed by atoms with van der Waals surface area (Å²) in [4.78, 5) is 25.1. The number of carboxylic acids is 1. The summed E-state index contributed by atoms with van der Waals surface area (Å²) in [6, 6.07) is -0.789. The first-order valence-electron chi connectivity index (χ1n) is 6.99. The Morgan fingerprint density at radius 3 is 2.74 bits per heavy atom. The van der Waals surface area contributed by atoms with Gasteiger partial charge in [-0.15, -0.1) is 0 Å². The summed E-state index contributed by atoms with van der Waals surface area (Å²) in [6.07, 6.45) is 1.74. The third-order valence-corrected chi connectivity index (χ3v) is 3.60. The molecule has 0 aromatic rings. The second kappa shape index (κ2) is 8.12. The summed E-state index contributed by atoms with van der Waals surface area (Å²) in [7, 11) is 0. The fraction of sp³-hybridized carbons (Fsp3) is 0.846. The molecular weight excluding hydrogens is 246 g/mol. The molecule has 1 heterocycles. The number of amides is 1. The van der Waals surface area contributed by atoms with Crippen LogP contribution in [0.1, 0.15) is 26.7 Å². The van der Waals surface area contributed by atoms with Gasteiger partial charge in [0.05, 0.1) is 6.54 Å². The molecule has 2 atom stereocenters. The normalized spacial score (nSPS) is 20.3. The molecule has 0 radical (unpaired) electrons. The van der Waals surface area contributed by atoms with Crippen molar-refractivity contribution in [1.82, 2.24) is 15.5 Å². The highest BCUT2D eigenvalue weighted by Gasteiger charge is 2.25. The molecular formula is C13H25N3O3. The SMILES string of the molecule is CC[C@H](C)[C@H](NC(=O)CN1CCCNCC1)C(=O)O. The highest BCUT2D eigenvalue weighted by Crippen LogP contribution is 2.08. The first kappa shape index (κ1) is 15.9. The molecule has 3 N–H and O–H groups in total. The quantitative estimate of drug-likeness (QED) is 0.628. The largest absolute Gasteiger partial charge is 0.480 e. The Hall–Kier alpha value is -1.14. The Bertz CT molecular complexity index is 302. The van der Waals surface area contributed by atoms with E-state index < -0.39 is 12.0 Å². The first-order chi connectivity index (χ1) is 9.04. The number of aliphatic carboxylic acids is 1. The third kappa shape index (κ3) is 5.57. The predicted octanol–water partition coefficient (Wildman–Crippen LogP) is -0.103. The first-order valence-corrected chi connectivity index (χ1v) is 6.99. The lowest BCUT2D eigenvalue weighted by Gasteiger charge is -2.23. The van der Waals surface area contributed by atoms with Crippen LogP contribution in [0.2, 0.25) is 0 Å². The average molecular weight is 271 g/mol. The van der Waals surface area contributed by atoms with Gasteiger partial charge in [-0.2, -0.15) is 0 Å². The number of carbonyl (C=O) groups is 2. The number of hydrogen-bond donors (Lipinski definition) is 3. The summed E-state index contributed by atoms with van der Waals surface area (Å²) < 4.78 is 0. The van der Waals surface area contributed by atoms with Gasteiger partial charge in [0.25, 0.3) is 0 Å². The molecule has 0 unspecified atom stereocenters. The highest BCUT2D eigenvalue weighted by atomic mass is 16.4. The lowest BCUT2D eigenvalue weighted by Crippen LogP contribution is -2.48. The molecule has 1 amide bonds. The van der Waals surface area contributed by atoms with E-state index in [0.29, 0.717) is 0 Å². The number of rotatable bonds is 6. The molecule has 1 saturated heterocycles. The van der Waals surface area contributed by atoms with Crippen molar-refractivity contribution in [3.05, 3.63) is 0 Å². The van der Waals surface area contributed by atoms with E-state index in [9.17, 15) is 9.59 Å². The van der Waals surface area contributed by atoms with Crippen LogP contribution in [0.25, 0.3) is 0 Å². The van der Waals surface area contributed by atoms with Gasteiger partial charge in [0, 0.05) is 13.1 Å². The van der Waals surface area contributed by atoms with Crippen molar-refractivity contribution in [3.8, 4) is 0 Å². The second-order valence-electron chi connectivity index (χ2n) is 5.15. The van der Waals surface area contributed by atoms with Crippen molar-refractivity contribution in [2.24, 2.45) is 5.92 Å². The van der Waals surface area contributed by atoms with Gasteiger partial charge in [-0.05, 0) is 25.4 Å². The molecule has 0 aromatic heterocycles. The van der Waals surface area contributed by atoms with Crippen LogP contribution >= 0.6 is 0 Å². The van der Waals surface area contributed by atoms with Crippen LogP contribution in [-0.2, 0) is 9.59 Å². The smallest absolute Gasteiger partial charge is 0.326 e. The van der Waals surface area contributed by atoms with E-state index in [1.165, 1.54) is 0 Å². The summed E-state index contributed by atoms with van der Waals surface area (Å²) in [5.74, 6) is -1.22. The number of hydrogen-bond acceptors (Lipinski definition) is 4. The van der Waals surface area contributed by atoms with Gasteiger partial charge in [-0.1, -0.05) is 20.3 Å². The van der Waals surface area contributed by atoms with E-state index in [1.807, 2.05) is 13.8 Å². The predicted molar refractivity (Wildman–Crippen MR) is 72.9 cm³/mol. The molecule has 0 aliphatic carbocycles. The maximum Gasteiger partial charge on any atom is 0.326 e. The third-order valence-electron chi connectivity index (χ3n) is 3.60. The van der Waals surface area contributed by atoms with Crippen LogP contribution in [0.4, 0.5) is 0 Å². The molecule has 0 aromatic carbocycles. The molecule has 0 bridgehead atoms. The van der Waals surface area contributed by atoms with Crippen molar-refractivity contribution >= 4 is 11.9 Å². The highest BCUT2D eigenvalue weighted by molar-refractivity contribution is 5.84. The standard InChI is InChI=1S/C13H25N3O3/c1-3-10(2)12(13(18)19)15-11(17)9-16-7-4-5-14-6-8-16/h10,12,14H,3-9H2,1-2H3,(H,15,17)(H,18,19)/t10-,12-/m0/s1. The van der Waals surface area contributed by atoms with Crippen LogP contribution in [0.15, 0.2) is 0 Å². The zero-order chi connectivity index (χ0) is 14.3. The van der Waals surface area contributed by atoms with E-state index in [4.69, 9.17) is 5.11 Å². The van der Waals surface area contributed by atoms with Gasteiger partial charge < -0.3 is 15.7 Å². The molecule has 6 heteroatoms. The Kier molecular flexibility index (Phi) is 6.80. The fourth-order valence-corrected chi connectivity index (χ4v) is 2.17. The zero-order valence-corrected chi connectivity index (χ0v) is 11.8. The van der Waals surface area contributed by atoms with Crippen LogP contribution in [0, 0.1) is 5.92 Å². The second-order valence-corrected chi connectivity index (χ2v) is 5.15. The number of carbonyl (C=O) groups excluding carboxylic acids is 1. The van der Waals surface area contributed by atoms with Crippen LogP contribution < -0.4 is 10.6 Å². The summed E-state index contributed by atoms with van der Waals surface area (Å²) in [5, 5.41) is 15.0. The van der Waals surface area contributed by atoms with Gasteiger partial charge >= 0.3 is 5.97 Å². The molecule has 0 saturated carbocycles. The van der Waals surface area contributed by atoms with Gasteiger partial charge in [-0.3, -0.25) is 9.69 Å². The van der Waals surface area contributed by atoms with Crippen LogP contribution in [0.3, 0.4) is 0 Å². The van der Waals surface area contributed by atoms with Crippen molar-refractivity contribution in [3.63, 3.8) is 0 Å². The van der Waals surface area contributed by atoms with E-state index in [0.717, 1.165) is 39.0 Å². The summed E-state index contributed by atoms with van der Waals surface area (Å²) in [5.41, 5.74) is 0. The van der Waals surface area contributed by atoms with Crippen molar-refractivity contribution in [2.75, 3.05) is 32.7 Å². The van der Waals surface area contributed by atoms with Gasteiger partial charge in [0.1, 0.15) is 6.04 Å². The minimum absolute atomic E-state index is 0.0627. The van der Waals surface area contributed by atoms with Gasteiger partial charge in [0.15, 0.2) is 0 Å². The Morgan fingerprint density at radius 1 is 1.37 bits per heavy atom. The van der Waals surface area contributed by atoms with Crippen LogP contribution in [-0.4, -0.2) is 60.6 Å². The van der Waals surface area contributed by atoms with E-state index in [2.05, 4.69) is 15.5 Å². The van der Waals surface area contributed by atoms with E-state index in [1.54, 1.807) is 0 Å². The average Bonchev–Trinajstić information content (AvgIpc) is 2.63. The summed E-state index contributed by atoms with van der Waals surface area (Å²) in [6.45, 7) is 7.60. The number of nitrogens with zero attached hydrogens (tertiary/aromatic N) is 1. The van der Waals surface area contributed by atoms with Gasteiger partial charge in [0.2, 0.25) is 5.91 Å². The van der Waals surface area contributed by atoms with Gasteiger partial charge in [-0.25, -0.2) is 4.79 Å². The number of carboxylic acid groups (broad SMARTS) is 1. The Labute approximate surface area is 114 Å². The lowest BCUT2D eigenvalue weighted by molar-refractivity contribution is -0.143. The van der Waals surface area contributed by atoms with Crippen LogP contribution in [0.5, 0.6) is 0 Å². The van der Waals surface area contributed by atoms with Crippen molar-refractivity contribution in [1.29, 1.82) is 0 Å². The molecule has 19 heavy (non-hydrogen) atoms. The number of nitrogens with one attached hydrogen (secondary N) is 2. The van der Waals surface area contributed by atoms with E-state index >= 15 is 0 Å². The topological polar surface area (TPSA) is 81.7 Å². The fourth-order valence-electron chi connectivity index (χ4n) is 2.17. The molecule has 0 spiro atoms. The maximum atomic E-state index is 11.9. The molecule has 1 fully saturated rings. The zero-order valence-electron chi connectivity index (χ0n) is 11.8. The van der Waals surface area contributed by atoms with E-state index in [-0.39, 0.29) is 18.4 Å². The minimum Gasteiger partial charge on any atom is -0.480 e. The van der Waals surface area contributed by atoms with Crippen molar-refractivity contribution < 1.29 is 14.7 Å². The maximum absolute atomic E-state index is 11.9. The lowest BCUT2D eigenvalue weighted by atomic mass is 9.99. The molecule has 1 aliphatic rings. The Balaban J connectivity index is 2.45.